The van der Waals surface area contributed by atoms with Crippen LogP contribution >= 0.6 is 0 Å². The average molecular weight is 390 g/mol. The number of nitrogens with one attached hydrogen (secondary N) is 1. The van der Waals surface area contributed by atoms with Crippen molar-refractivity contribution in [1.82, 2.24) is 15.1 Å². The van der Waals surface area contributed by atoms with Gasteiger partial charge in [-0.3, -0.25) is 10.00 Å². The summed E-state index contributed by atoms with van der Waals surface area (Å²) in [6.45, 7) is 5.57. The molecule has 1 unspecified atom stereocenters. The molecule has 2 aromatic rings. The molecule has 0 aliphatic carbocycles. The van der Waals surface area contributed by atoms with Crippen LogP contribution in [0.25, 0.3) is 0 Å². The molecule has 3 heterocycles. The molecule has 2 aliphatic rings. The number of ether oxygens (including phenoxy) is 1. The number of H-pyrrole nitrogens is 1. The van der Waals surface area contributed by atoms with E-state index in [1.807, 2.05) is 12.1 Å². The van der Waals surface area contributed by atoms with Crippen molar-refractivity contribution in [3.63, 3.8) is 0 Å². The minimum absolute atomic E-state index is 0.0702. The lowest BCUT2D eigenvalue weighted by molar-refractivity contribution is 0.0609. The van der Waals surface area contributed by atoms with Crippen molar-refractivity contribution in [3.05, 3.63) is 41.2 Å². The minimum atomic E-state index is -3.39. The Morgan fingerprint density at radius 2 is 1.74 bits per heavy atom. The standard InChI is InChI=1S/C20H27N3O3S/c1-13-4-8-18(9-5-13)26-19-10-16-6-7-17(11-19)23(16)12-27(24,25)20-14(2)21-22-15(20)3/h4-5,8-9,16-17,19H,6-7,10-12H2,1-3H3,(H,21,22)/t16-,17+,19?. The highest BCUT2D eigenvalue weighted by molar-refractivity contribution is 7.91. The summed E-state index contributed by atoms with van der Waals surface area (Å²) in [5.74, 6) is 0.969. The van der Waals surface area contributed by atoms with Crippen LogP contribution in [0.4, 0.5) is 0 Å². The van der Waals surface area contributed by atoms with Gasteiger partial charge in [0.2, 0.25) is 0 Å². The molecule has 27 heavy (non-hydrogen) atoms. The molecule has 1 N–H and O–H groups in total. The molecule has 2 bridgehead atoms. The summed E-state index contributed by atoms with van der Waals surface area (Å²) in [6, 6.07) is 8.67. The number of fused-ring (bicyclic) bond motifs is 2. The lowest BCUT2D eigenvalue weighted by Gasteiger charge is -2.38. The van der Waals surface area contributed by atoms with Crippen molar-refractivity contribution < 1.29 is 13.2 Å². The Morgan fingerprint density at radius 3 is 2.30 bits per heavy atom. The van der Waals surface area contributed by atoms with Gasteiger partial charge in [-0.1, -0.05) is 17.7 Å². The third-order valence-corrected chi connectivity index (χ3v) is 7.72. The first-order valence-electron chi connectivity index (χ1n) is 9.57. The second kappa shape index (κ2) is 6.95. The van der Waals surface area contributed by atoms with E-state index in [9.17, 15) is 8.42 Å². The van der Waals surface area contributed by atoms with Crippen molar-refractivity contribution in [2.24, 2.45) is 0 Å². The fraction of sp³-hybridized carbons (Fsp3) is 0.550. The average Bonchev–Trinajstić information content (AvgIpc) is 3.05. The molecule has 2 saturated heterocycles. The second-order valence-corrected chi connectivity index (χ2v) is 9.83. The van der Waals surface area contributed by atoms with Crippen LogP contribution in [0.5, 0.6) is 5.75 Å². The molecule has 2 fully saturated rings. The van der Waals surface area contributed by atoms with E-state index in [0.29, 0.717) is 16.3 Å². The Hall–Kier alpha value is -1.86. The Balaban J connectivity index is 1.46. The van der Waals surface area contributed by atoms with Crippen LogP contribution in [0.3, 0.4) is 0 Å². The third kappa shape index (κ3) is 3.62. The lowest BCUT2D eigenvalue weighted by atomic mass is 10.0. The highest BCUT2D eigenvalue weighted by Crippen LogP contribution is 2.38. The van der Waals surface area contributed by atoms with Crippen LogP contribution in [0.15, 0.2) is 29.2 Å². The summed E-state index contributed by atoms with van der Waals surface area (Å²) in [5.41, 5.74) is 2.39. The van der Waals surface area contributed by atoms with Crippen LogP contribution in [-0.4, -0.2) is 47.6 Å². The number of piperidine rings is 1. The maximum absolute atomic E-state index is 13.0. The van der Waals surface area contributed by atoms with Gasteiger partial charge in [-0.05, 0) is 58.6 Å². The topological polar surface area (TPSA) is 75.3 Å². The largest absolute Gasteiger partial charge is 0.490 e. The second-order valence-electron chi connectivity index (χ2n) is 7.93. The van der Waals surface area contributed by atoms with Gasteiger partial charge in [0.1, 0.15) is 22.6 Å². The minimum Gasteiger partial charge on any atom is -0.490 e. The molecule has 7 heteroatoms. The quantitative estimate of drug-likeness (QED) is 0.850. The maximum atomic E-state index is 13.0. The van der Waals surface area contributed by atoms with Crippen molar-refractivity contribution >= 4 is 9.84 Å². The van der Waals surface area contributed by atoms with E-state index in [-0.39, 0.29) is 24.1 Å². The van der Waals surface area contributed by atoms with E-state index in [0.717, 1.165) is 31.4 Å². The molecule has 146 valence electrons. The Morgan fingerprint density at radius 1 is 1.11 bits per heavy atom. The van der Waals surface area contributed by atoms with Crippen molar-refractivity contribution in [2.45, 2.75) is 69.5 Å². The predicted molar refractivity (Wildman–Crippen MR) is 104 cm³/mol. The first-order valence-corrected chi connectivity index (χ1v) is 11.2. The van der Waals surface area contributed by atoms with Crippen molar-refractivity contribution in [1.29, 1.82) is 0 Å². The number of nitrogens with zero attached hydrogens (tertiary/aromatic N) is 2. The molecule has 1 aromatic heterocycles. The molecule has 4 rings (SSSR count). The monoisotopic (exact) mass is 389 g/mol. The molecule has 0 amide bonds. The van der Waals surface area contributed by atoms with Crippen LogP contribution in [0, 0.1) is 20.8 Å². The van der Waals surface area contributed by atoms with Gasteiger partial charge in [-0.25, -0.2) is 8.42 Å². The third-order valence-electron chi connectivity index (χ3n) is 5.86. The Bertz CT molecular complexity index is 887. The SMILES string of the molecule is Cc1ccc(OC2C[C@H]3CC[C@@H](C2)N3CS(=O)(=O)c2c(C)n[nH]c2C)cc1. The normalized spacial score (nSPS) is 25.7. The molecule has 3 atom stereocenters. The zero-order valence-electron chi connectivity index (χ0n) is 16.1. The smallest absolute Gasteiger partial charge is 0.195 e. The summed E-state index contributed by atoms with van der Waals surface area (Å²) in [4.78, 5) is 2.54. The molecular weight excluding hydrogens is 362 g/mol. The van der Waals surface area contributed by atoms with Crippen LogP contribution in [0.2, 0.25) is 0 Å². The molecule has 0 radical (unpaired) electrons. The Kier molecular flexibility index (Phi) is 4.76. The first-order chi connectivity index (χ1) is 12.8. The lowest BCUT2D eigenvalue weighted by Crippen LogP contribution is -2.48. The van der Waals surface area contributed by atoms with Gasteiger partial charge in [0.25, 0.3) is 0 Å². The number of benzene rings is 1. The molecule has 1 aromatic carbocycles. The fourth-order valence-corrected chi connectivity index (χ4v) is 6.55. The molecule has 2 aliphatic heterocycles. The molecule has 0 saturated carbocycles. The van der Waals surface area contributed by atoms with Gasteiger partial charge in [-0.15, -0.1) is 0 Å². The van der Waals surface area contributed by atoms with E-state index in [4.69, 9.17) is 4.74 Å². The molecule has 6 nitrogen and oxygen atoms in total. The number of aromatic nitrogens is 2. The van der Waals surface area contributed by atoms with Gasteiger partial charge >= 0.3 is 0 Å². The summed E-state index contributed by atoms with van der Waals surface area (Å²) in [6.07, 6.45) is 3.99. The highest BCUT2D eigenvalue weighted by atomic mass is 32.2. The maximum Gasteiger partial charge on any atom is 0.195 e. The zero-order chi connectivity index (χ0) is 19.2. The van der Waals surface area contributed by atoms with Gasteiger partial charge in [0.15, 0.2) is 9.84 Å². The number of rotatable bonds is 5. The van der Waals surface area contributed by atoms with E-state index in [1.165, 1.54) is 5.56 Å². The summed E-state index contributed by atoms with van der Waals surface area (Å²) in [7, 11) is -3.39. The van der Waals surface area contributed by atoms with Gasteiger partial charge in [-0.2, -0.15) is 5.10 Å². The number of hydrogen-bond donors (Lipinski definition) is 1. The van der Waals surface area contributed by atoms with E-state index in [2.05, 4.69) is 34.2 Å². The van der Waals surface area contributed by atoms with Gasteiger partial charge in [0, 0.05) is 12.1 Å². The van der Waals surface area contributed by atoms with Crippen molar-refractivity contribution in [2.75, 3.05) is 5.88 Å². The fourth-order valence-electron chi connectivity index (χ4n) is 4.60. The van der Waals surface area contributed by atoms with Crippen molar-refractivity contribution in [3.8, 4) is 5.75 Å². The summed E-state index contributed by atoms with van der Waals surface area (Å²) in [5, 5.41) is 6.84. The van der Waals surface area contributed by atoms with Crippen LogP contribution in [0.1, 0.15) is 42.6 Å². The number of sulfone groups is 1. The van der Waals surface area contributed by atoms with E-state index in [1.54, 1.807) is 13.8 Å². The zero-order valence-corrected chi connectivity index (χ0v) is 16.9. The van der Waals surface area contributed by atoms with Gasteiger partial charge in [0.05, 0.1) is 11.4 Å². The number of aromatic amines is 1. The van der Waals surface area contributed by atoms with E-state index < -0.39 is 9.84 Å². The Labute approximate surface area is 160 Å². The molecule has 0 spiro atoms. The summed E-state index contributed by atoms with van der Waals surface area (Å²) < 4.78 is 32.2. The predicted octanol–water partition coefficient (Wildman–Crippen LogP) is 3.14. The van der Waals surface area contributed by atoms with Crippen LogP contribution in [-0.2, 0) is 9.84 Å². The molecular formula is C20H27N3O3S. The van der Waals surface area contributed by atoms with E-state index >= 15 is 0 Å². The summed E-state index contributed by atoms with van der Waals surface area (Å²) >= 11 is 0. The first kappa shape index (κ1) is 18.5. The van der Waals surface area contributed by atoms with Crippen LogP contribution < -0.4 is 4.74 Å². The van der Waals surface area contributed by atoms with Gasteiger partial charge < -0.3 is 4.74 Å². The number of hydrogen-bond acceptors (Lipinski definition) is 5. The number of aryl methyl sites for hydroxylation is 3. The highest BCUT2D eigenvalue weighted by Gasteiger charge is 2.43.